The fourth-order valence-corrected chi connectivity index (χ4v) is 3.85. The quantitative estimate of drug-likeness (QED) is 0.151. The van der Waals surface area contributed by atoms with Gasteiger partial charge in [-0.05, 0) is 44.9 Å². The number of nitrogens with zero attached hydrogens (tertiary/aromatic N) is 1. The van der Waals surface area contributed by atoms with E-state index in [2.05, 4.69) is 15.4 Å². The molecular formula is C26H32F9N3O6. The van der Waals surface area contributed by atoms with Crippen molar-refractivity contribution in [2.24, 2.45) is 5.41 Å². The van der Waals surface area contributed by atoms with Gasteiger partial charge in [-0.2, -0.15) is 39.5 Å². The fourth-order valence-electron chi connectivity index (χ4n) is 3.85. The minimum atomic E-state index is -5.92. The van der Waals surface area contributed by atoms with Gasteiger partial charge in [0.05, 0.1) is 11.0 Å². The second kappa shape index (κ2) is 14.7. The van der Waals surface area contributed by atoms with Crippen LogP contribution in [0.4, 0.5) is 45.2 Å². The number of carbonyl (C=O) groups is 3. The standard InChI is InChI=1S/C26H32F9N3O6/c1-23(2,3)22(41)43-14-42-19(39)5-4-8-37-17-11-16(24(27,28)29)7-6-15(17)13-38-10-9-36-12-18(38)20(40)44-21(25(30,31)32)26(33,34)35/h6-7,11,18,21,36-37H,4-5,8-10,12-14H2,1-3H3. The SMILES string of the molecule is CC(C)(C)C(=O)OCOC(=O)CCCNc1cc(C(F)(F)F)ccc1CN1CCNCC1C(=O)OC(C(F)(F)F)C(F)(F)F. The predicted molar refractivity (Wildman–Crippen MR) is 135 cm³/mol. The molecule has 1 heterocycles. The van der Waals surface area contributed by atoms with Gasteiger partial charge in [-0.15, -0.1) is 0 Å². The summed E-state index contributed by atoms with van der Waals surface area (Å²) in [6, 6.07) is 0.920. The Bertz CT molecular complexity index is 1140. The number of hydrogen-bond donors (Lipinski definition) is 2. The highest BCUT2D eigenvalue weighted by Crippen LogP contribution is 2.37. The summed E-state index contributed by atoms with van der Waals surface area (Å²) >= 11 is 0. The van der Waals surface area contributed by atoms with Crippen LogP contribution in [-0.2, 0) is 41.3 Å². The first-order valence-electron chi connectivity index (χ1n) is 13.2. The lowest BCUT2D eigenvalue weighted by atomic mass is 9.98. The molecular weight excluding hydrogens is 621 g/mol. The summed E-state index contributed by atoms with van der Waals surface area (Å²) in [7, 11) is 0. The lowest BCUT2D eigenvalue weighted by Crippen LogP contribution is -2.57. The highest BCUT2D eigenvalue weighted by molar-refractivity contribution is 5.77. The van der Waals surface area contributed by atoms with Crippen molar-refractivity contribution in [3.63, 3.8) is 0 Å². The van der Waals surface area contributed by atoms with Crippen LogP contribution in [-0.4, -0.2) is 80.3 Å². The highest BCUT2D eigenvalue weighted by Gasteiger charge is 2.60. The minimum Gasteiger partial charge on any atom is -0.442 e. The Morgan fingerprint density at radius 2 is 1.64 bits per heavy atom. The third kappa shape index (κ3) is 11.3. The van der Waals surface area contributed by atoms with Crippen LogP contribution in [0.15, 0.2) is 18.2 Å². The minimum absolute atomic E-state index is 0.0561. The number of alkyl halides is 9. The van der Waals surface area contributed by atoms with E-state index in [4.69, 9.17) is 9.47 Å². The van der Waals surface area contributed by atoms with Gasteiger partial charge in [0.15, 0.2) is 0 Å². The highest BCUT2D eigenvalue weighted by atomic mass is 19.4. The summed E-state index contributed by atoms with van der Waals surface area (Å²) in [6.45, 7) is 3.49. The number of esters is 3. The van der Waals surface area contributed by atoms with E-state index in [0.29, 0.717) is 0 Å². The zero-order valence-corrected chi connectivity index (χ0v) is 23.8. The topological polar surface area (TPSA) is 106 Å². The van der Waals surface area contributed by atoms with E-state index < -0.39 is 66.4 Å². The molecule has 44 heavy (non-hydrogen) atoms. The first-order valence-corrected chi connectivity index (χ1v) is 13.2. The molecule has 0 spiro atoms. The molecule has 9 nitrogen and oxygen atoms in total. The molecule has 2 N–H and O–H groups in total. The Morgan fingerprint density at radius 3 is 2.20 bits per heavy atom. The van der Waals surface area contributed by atoms with Crippen LogP contribution in [0.1, 0.15) is 44.7 Å². The van der Waals surface area contributed by atoms with Gasteiger partial charge in [0.25, 0.3) is 6.10 Å². The van der Waals surface area contributed by atoms with Gasteiger partial charge in [-0.1, -0.05) is 6.07 Å². The molecule has 0 bridgehead atoms. The Morgan fingerprint density at radius 1 is 1.00 bits per heavy atom. The maximum atomic E-state index is 13.4. The molecule has 2 rings (SSSR count). The van der Waals surface area contributed by atoms with Crippen LogP contribution in [0.25, 0.3) is 0 Å². The van der Waals surface area contributed by atoms with Crippen LogP contribution in [0, 0.1) is 5.41 Å². The number of anilines is 1. The zero-order valence-electron chi connectivity index (χ0n) is 23.8. The van der Waals surface area contributed by atoms with E-state index in [1.54, 1.807) is 20.8 Å². The van der Waals surface area contributed by atoms with Crippen LogP contribution in [0.5, 0.6) is 0 Å². The molecule has 1 aromatic rings. The summed E-state index contributed by atoms with van der Waals surface area (Å²) in [5, 5.41) is 5.40. The third-order valence-electron chi connectivity index (χ3n) is 6.16. The van der Waals surface area contributed by atoms with Crippen molar-refractivity contribution < 1.29 is 68.1 Å². The summed E-state index contributed by atoms with van der Waals surface area (Å²) in [6.07, 6.45) is -21.1. The maximum absolute atomic E-state index is 13.4. The second-order valence-corrected chi connectivity index (χ2v) is 10.8. The molecule has 250 valence electrons. The Hall–Kier alpha value is -3.28. The van der Waals surface area contributed by atoms with Gasteiger partial charge >= 0.3 is 36.4 Å². The van der Waals surface area contributed by atoms with Gasteiger partial charge in [-0.3, -0.25) is 19.3 Å². The molecule has 1 atom stereocenters. The Kier molecular flexibility index (Phi) is 12.3. The Labute approximate surface area is 246 Å². The number of benzene rings is 1. The average molecular weight is 654 g/mol. The van der Waals surface area contributed by atoms with Crippen molar-refractivity contribution in [3.05, 3.63) is 29.3 Å². The number of rotatable bonds is 11. The van der Waals surface area contributed by atoms with Crippen molar-refractivity contribution in [3.8, 4) is 0 Å². The number of piperazine rings is 1. The van der Waals surface area contributed by atoms with Crippen LogP contribution in [0.3, 0.4) is 0 Å². The normalized spacial score (nSPS) is 16.9. The van der Waals surface area contributed by atoms with Crippen molar-refractivity contribution in [1.29, 1.82) is 0 Å². The van der Waals surface area contributed by atoms with Crippen molar-refractivity contribution in [2.45, 2.75) is 70.8 Å². The van der Waals surface area contributed by atoms with Crippen molar-refractivity contribution in [1.82, 2.24) is 10.2 Å². The largest absolute Gasteiger partial charge is 0.442 e. The molecule has 1 saturated heterocycles. The summed E-state index contributed by atoms with van der Waals surface area (Å²) in [4.78, 5) is 37.3. The lowest BCUT2D eigenvalue weighted by Gasteiger charge is -2.36. The number of nitrogens with one attached hydrogen (secondary N) is 2. The average Bonchev–Trinajstić information content (AvgIpc) is 2.88. The molecule has 1 unspecified atom stereocenters. The fraction of sp³-hybridized carbons (Fsp3) is 0.654. The summed E-state index contributed by atoms with van der Waals surface area (Å²) in [5.41, 5.74) is -1.84. The van der Waals surface area contributed by atoms with Crippen LogP contribution < -0.4 is 10.6 Å². The number of hydrogen-bond acceptors (Lipinski definition) is 9. The predicted octanol–water partition coefficient (Wildman–Crippen LogP) is 4.80. The molecule has 0 aromatic heterocycles. The van der Waals surface area contributed by atoms with E-state index in [9.17, 15) is 53.9 Å². The molecule has 0 radical (unpaired) electrons. The lowest BCUT2D eigenvalue weighted by molar-refractivity contribution is -0.314. The summed E-state index contributed by atoms with van der Waals surface area (Å²) < 4.78 is 131. The smallest absolute Gasteiger partial charge is 0.434 e. The maximum Gasteiger partial charge on any atom is 0.434 e. The first-order chi connectivity index (χ1) is 20.1. The molecule has 1 aliphatic heterocycles. The van der Waals surface area contributed by atoms with Gasteiger partial charge in [0.1, 0.15) is 6.04 Å². The first kappa shape index (κ1) is 36.9. The molecule has 0 saturated carbocycles. The van der Waals surface area contributed by atoms with Crippen LogP contribution >= 0.6 is 0 Å². The van der Waals surface area contributed by atoms with E-state index >= 15 is 0 Å². The zero-order chi connectivity index (χ0) is 33.5. The number of ether oxygens (including phenoxy) is 3. The number of carbonyl (C=O) groups excluding carboxylic acids is 3. The molecule has 18 heteroatoms. The van der Waals surface area contributed by atoms with Crippen LogP contribution in [0.2, 0.25) is 0 Å². The molecule has 1 aromatic carbocycles. The van der Waals surface area contributed by atoms with E-state index in [-0.39, 0.29) is 56.8 Å². The van der Waals surface area contributed by atoms with E-state index in [0.717, 1.165) is 18.2 Å². The van der Waals surface area contributed by atoms with Gasteiger partial charge in [0.2, 0.25) is 6.79 Å². The monoisotopic (exact) mass is 653 g/mol. The second-order valence-electron chi connectivity index (χ2n) is 10.8. The van der Waals surface area contributed by atoms with E-state index in [1.807, 2.05) is 0 Å². The molecule has 1 fully saturated rings. The van der Waals surface area contributed by atoms with Gasteiger partial charge in [-0.25, -0.2) is 0 Å². The van der Waals surface area contributed by atoms with Gasteiger partial charge in [0, 0.05) is 44.8 Å². The van der Waals surface area contributed by atoms with Crippen molar-refractivity contribution in [2.75, 3.05) is 38.3 Å². The van der Waals surface area contributed by atoms with Gasteiger partial charge < -0.3 is 24.8 Å². The van der Waals surface area contributed by atoms with E-state index in [1.165, 1.54) is 4.90 Å². The Balaban J connectivity index is 2.11. The number of halogens is 9. The summed E-state index contributed by atoms with van der Waals surface area (Å²) in [5.74, 6) is -3.18. The molecule has 1 aliphatic rings. The third-order valence-corrected chi connectivity index (χ3v) is 6.16. The molecule has 0 aliphatic carbocycles. The van der Waals surface area contributed by atoms with Crippen molar-refractivity contribution >= 4 is 23.6 Å². The molecule has 0 amide bonds.